The van der Waals surface area contributed by atoms with Crippen molar-refractivity contribution in [3.8, 4) is 5.75 Å². The van der Waals surface area contributed by atoms with Gasteiger partial charge in [-0.1, -0.05) is 54.6 Å². The Morgan fingerprint density at radius 1 is 1.16 bits per heavy atom. The van der Waals surface area contributed by atoms with Crippen LogP contribution < -0.4 is 4.74 Å². The van der Waals surface area contributed by atoms with Crippen LogP contribution in [-0.2, 0) is 11.4 Å². The number of ether oxygens (including phenoxy) is 1. The summed E-state index contributed by atoms with van der Waals surface area (Å²) in [7, 11) is 0. The molecule has 0 saturated carbocycles. The molecule has 2 aromatic rings. The van der Waals surface area contributed by atoms with Crippen molar-refractivity contribution in [2.24, 2.45) is 0 Å². The Morgan fingerprint density at radius 3 is 2.64 bits per heavy atom. The highest BCUT2D eigenvalue weighted by Crippen LogP contribution is 2.18. The van der Waals surface area contributed by atoms with Crippen molar-refractivity contribution in [1.82, 2.24) is 4.90 Å². The first-order valence-corrected chi connectivity index (χ1v) is 8.62. The Bertz CT molecular complexity index is 710. The highest BCUT2D eigenvalue weighted by molar-refractivity contribution is 5.73. The second kappa shape index (κ2) is 8.49. The smallest absolute Gasteiger partial charge is 0.320 e. The fraction of sp³-hybridized carbons (Fsp3) is 0.286. The van der Waals surface area contributed by atoms with E-state index in [4.69, 9.17) is 4.74 Å². The maximum atomic E-state index is 11.2. The van der Waals surface area contributed by atoms with Gasteiger partial charge in [0, 0.05) is 6.54 Å². The van der Waals surface area contributed by atoms with E-state index in [9.17, 15) is 9.90 Å². The summed E-state index contributed by atoms with van der Waals surface area (Å²) in [5.41, 5.74) is 2.23. The first-order chi connectivity index (χ1) is 12.2. The zero-order chi connectivity index (χ0) is 17.5. The number of carboxylic acid groups (broad SMARTS) is 1. The largest absolute Gasteiger partial charge is 0.489 e. The summed E-state index contributed by atoms with van der Waals surface area (Å²) in [5, 5.41) is 9.18. The van der Waals surface area contributed by atoms with Gasteiger partial charge in [0.1, 0.15) is 18.4 Å². The maximum absolute atomic E-state index is 11.2. The van der Waals surface area contributed by atoms with E-state index in [2.05, 4.69) is 0 Å². The van der Waals surface area contributed by atoms with E-state index in [0.717, 1.165) is 36.3 Å². The number of nitrogens with zero attached hydrogens (tertiary/aromatic N) is 1. The molecule has 4 nitrogen and oxygen atoms in total. The first kappa shape index (κ1) is 17.2. The van der Waals surface area contributed by atoms with Gasteiger partial charge in [0.2, 0.25) is 0 Å². The maximum Gasteiger partial charge on any atom is 0.320 e. The van der Waals surface area contributed by atoms with Crippen LogP contribution in [0.25, 0.3) is 6.08 Å². The Labute approximate surface area is 148 Å². The SMILES string of the molecule is O=C(O)[C@@H]1CCCN1C/C=C/c1ccc(OCc2ccccc2)cc1. The quantitative estimate of drug-likeness (QED) is 0.834. The number of benzene rings is 2. The van der Waals surface area contributed by atoms with Gasteiger partial charge in [-0.25, -0.2) is 0 Å². The molecule has 0 unspecified atom stereocenters. The minimum Gasteiger partial charge on any atom is -0.489 e. The molecule has 1 heterocycles. The van der Waals surface area contributed by atoms with Crippen LogP contribution >= 0.6 is 0 Å². The molecule has 0 aliphatic carbocycles. The number of rotatable bonds is 7. The molecule has 0 bridgehead atoms. The molecule has 4 heteroatoms. The molecule has 1 fully saturated rings. The summed E-state index contributed by atoms with van der Waals surface area (Å²) in [6.45, 7) is 2.08. The topological polar surface area (TPSA) is 49.8 Å². The van der Waals surface area contributed by atoms with E-state index in [1.807, 2.05) is 71.6 Å². The lowest BCUT2D eigenvalue weighted by molar-refractivity contribution is -0.141. The van der Waals surface area contributed by atoms with Crippen LogP contribution in [0.2, 0.25) is 0 Å². The molecule has 1 saturated heterocycles. The molecular weight excluding hydrogens is 314 g/mol. The lowest BCUT2D eigenvalue weighted by Crippen LogP contribution is -2.35. The number of hydrogen-bond donors (Lipinski definition) is 1. The van der Waals surface area contributed by atoms with E-state index < -0.39 is 5.97 Å². The summed E-state index contributed by atoms with van der Waals surface area (Å²) in [4.78, 5) is 13.2. The third-order valence-corrected chi connectivity index (χ3v) is 4.43. The first-order valence-electron chi connectivity index (χ1n) is 8.62. The average Bonchev–Trinajstić information content (AvgIpc) is 3.11. The van der Waals surface area contributed by atoms with Gasteiger partial charge in [-0.15, -0.1) is 0 Å². The minimum atomic E-state index is -0.717. The van der Waals surface area contributed by atoms with Gasteiger partial charge in [0.15, 0.2) is 0 Å². The zero-order valence-electron chi connectivity index (χ0n) is 14.2. The van der Waals surface area contributed by atoms with Crippen molar-refractivity contribution in [1.29, 1.82) is 0 Å². The molecule has 0 aromatic heterocycles. The molecule has 0 radical (unpaired) electrons. The molecule has 0 spiro atoms. The van der Waals surface area contributed by atoms with Crippen LogP contribution in [0, 0.1) is 0 Å². The van der Waals surface area contributed by atoms with Crippen molar-refractivity contribution >= 4 is 12.0 Å². The number of carboxylic acids is 1. The molecule has 25 heavy (non-hydrogen) atoms. The van der Waals surface area contributed by atoms with Crippen molar-refractivity contribution in [2.75, 3.05) is 13.1 Å². The molecule has 130 valence electrons. The normalized spacial score (nSPS) is 17.8. The lowest BCUT2D eigenvalue weighted by atomic mass is 10.2. The Balaban J connectivity index is 1.49. The Hall–Kier alpha value is -2.59. The molecule has 2 aromatic carbocycles. The van der Waals surface area contributed by atoms with Crippen molar-refractivity contribution in [3.63, 3.8) is 0 Å². The molecule has 0 amide bonds. The summed E-state index contributed by atoms with van der Waals surface area (Å²) >= 11 is 0. The summed E-state index contributed by atoms with van der Waals surface area (Å²) in [6.07, 6.45) is 5.76. The van der Waals surface area contributed by atoms with Crippen molar-refractivity contribution in [2.45, 2.75) is 25.5 Å². The van der Waals surface area contributed by atoms with Crippen LogP contribution in [0.3, 0.4) is 0 Å². The van der Waals surface area contributed by atoms with E-state index >= 15 is 0 Å². The summed E-state index contributed by atoms with van der Waals surface area (Å²) in [5.74, 6) is 0.123. The van der Waals surface area contributed by atoms with Gasteiger partial charge in [0.05, 0.1) is 0 Å². The second-order valence-corrected chi connectivity index (χ2v) is 6.24. The van der Waals surface area contributed by atoms with Gasteiger partial charge < -0.3 is 9.84 Å². The highest BCUT2D eigenvalue weighted by Gasteiger charge is 2.29. The predicted octanol–water partition coefficient (Wildman–Crippen LogP) is 3.83. The standard InChI is InChI=1S/C21H23NO3/c23-21(24)20-9-5-15-22(20)14-4-8-17-10-12-19(13-11-17)25-16-18-6-2-1-3-7-18/h1-4,6-8,10-13,20H,5,9,14-16H2,(H,23,24)/b8-4+/t20-/m0/s1. The van der Waals surface area contributed by atoms with Crippen molar-refractivity contribution in [3.05, 3.63) is 71.8 Å². The molecular formula is C21H23NO3. The van der Waals surface area contributed by atoms with Crippen molar-refractivity contribution < 1.29 is 14.6 Å². The number of carbonyl (C=O) groups is 1. The Morgan fingerprint density at radius 2 is 1.92 bits per heavy atom. The minimum absolute atomic E-state index is 0.335. The van der Waals surface area contributed by atoms with Gasteiger partial charge in [-0.2, -0.15) is 0 Å². The Kier molecular flexibility index (Phi) is 5.86. The number of hydrogen-bond acceptors (Lipinski definition) is 3. The molecule has 1 atom stereocenters. The second-order valence-electron chi connectivity index (χ2n) is 6.24. The predicted molar refractivity (Wildman–Crippen MR) is 98.5 cm³/mol. The molecule has 1 N–H and O–H groups in total. The summed E-state index contributed by atoms with van der Waals surface area (Å²) < 4.78 is 5.78. The van der Waals surface area contributed by atoms with Gasteiger partial charge in [-0.3, -0.25) is 9.69 Å². The lowest BCUT2D eigenvalue weighted by Gasteiger charge is -2.18. The van der Waals surface area contributed by atoms with Gasteiger partial charge in [0.25, 0.3) is 0 Å². The van der Waals surface area contributed by atoms with Crippen LogP contribution in [0.4, 0.5) is 0 Å². The van der Waals surface area contributed by atoms with Gasteiger partial charge in [-0.05, 0) is 42.6 Å². The molecule has 1 aliphatic rings. The number of likely N-dealkylation sites (tertiary alicyclic amines) is 1. The fourth-order valence-corrected chi connectivity index (χ4v) is 3.06. The summed E-state index contributed by atoms with van der Waals surface area (Å²) in [6, 6.07) is 17.7. The van der Waals surface area contributed by atoms with Crippen LogP contribution in [-0.4, -0.2) is 35.1 Å². The third-order valence-electron chi connectivity index (χ3n) is 4.43. The van der Waals surface area contributed by atoms with Crippen LogP contribution in [0.15, 0.2) is 60.7 Å². The average molecular weight is 337 g/mol. The van der Waals surface area contributed by atoms with Crippen LogP contribution in [0.5, 0.6) is 5.75 Å². The monoisotopic (exact) mass is 337 g/mol. The van der Waals surface area contributed by atoms with Gasteiger partial charge >= 0.3 is 5.97 Å². The molecule has 1 aliphatic heterocycles. The molecule has 3 rings (SSSR count). The zero-order valence-corrected chi connectivity index (χ0v) is 14.2. The highest BCUT2D eigenvalue weighted by atomic mass is 16.5. The van der Waals surface area contributed by atoms with E-state index in [1.54, 1.807) is 0 Å². The number of aliphatic carboxylic acids is 1. The van der Waals surface area contributed by atoms with E-state index in [0.29, 0.717) is 13.2 Å². The third kappa shape index (κ3) is 4.94. The fourth-order valence-electron chi connectivity index (χ4n) is 3.06. The van der Waals surface area contributed by atoms with Crippen LogP contribution in [0.1, 0.15) is 24.0 Å². The van der Waals surface area contributed by atoms with E-state index in [-0.39, 0.29) is 6.04 Å². The van der Waals surface area contributed by atoms with E-state index in [1.165, 1.54) is 0 Å².